The van der Waals surface area contributed by atoms with Crippen molar-refractivity contribution in [3.8, 4) is 0 Å². The quantitative estimate of drug-likeness (QED) is 0.775. The fourth-order valence-corrected chi connectivity index (χ4v) is 3.58. The number of aromatic nitrogens is 2. The van der Waals surface area contributed by atoms with Gasteiger partial charge in [0.25, 0.3) is 5.56 Å². The Labute approximate surface area is 157 Å². The summed E-state index contributed by atoms with van der Waals surface area (Å²) in [6, 6.07) is 17.0. The van der Waals surface area contributed by atoms with Crippen molar-refractivity contribution in [2.24, 2.45) is 5.92 Å². The minimum Gasteiger partial charge on any atom is -0.326 e. The standard InChI is InChI=1S/C21H22N4O2/c26-20(23-18-9-2-1-3-10-18)17-8-6-12-24(14-17)15-25-21(27)19-11-5-4-7-16(19)13-22-25/h1-5,7,9-11,13,17H,6,8,12,14-15H2,(H,23,26)/t17-/m1/s1. The number of piperidine rings is 1. The zero-order chi connectivity index (χ0) is 18.6. The first-order valence-electron chi connectivity index (χ1n) is 9.24. The minimum absolute atomic E-state index is 0.0321. The summed E-state index contributed by atoms with van der Waals surface area (Å²) in [5, 5.41) is 8.80. The summed E-state index contributed by atoms with van der Waals surface area (Å²) in [5.74, 6) is -0.0557. The molecule has 2 heterocycles. The topological polar surface area (TPSA) is 67.2 Å². The zero-order valence-corrected chi connectivity index (χ0v) is 15.0. The molecule has 1 aromatic heterocycles. The van der Waals surface area contributed by atoms with Crippen LogP contribution in [0.15, 0.2) is 65.6 Å². The molecular formula is C21H22N4O2. The van der Waals surface area contributed by atoms with Crippen LogP contribution in [0.2, 0.25) is 0 Å². The third-order valence-corrected chi connectivity index (χ3v) is 5.01. The molecule has 27 heavy (non-hydrogen) atoms. The van der Waals surface area contributed by atoms with Crippen molar-refractivity contribution in [1.82, 2.24) is 14.7 Å². The molecule has 2 aromatic carbocycles. The van der Waals surface area contributed by atoms with Crippen molar-refractivity contribution < 1.29 is 4.79 Å². The van der Waals surface area contributed by atoms with E-state index in [0.717, 1.165) is 30.5 Å². The molecule has 1 saturated heterocycles. The second-order valence-electron chi connectivity index (χ2n) is 6.95. The van der Waals surface area contributed by atoms with Crippen LogP contribution in [-0.4, -0.2) is 33.7 Å². The molecule has 4 rings (SSSR count). The molecule has 0 unspecified atom stereocenters. The predicted molar refractivity (Wildman–Crippen MR) is 105 cm³/mol. The Balaban J connectivity index is 1.45. The molecule has 6 heteroatoms. The zero-order valence-electron chi connectivity index (χ0n) is 15.0. The van der Waals surface area contributed by atoms with Crippen LogP contribution in [0.1, 0.15) is 12.8 Å². The smallest absolute Gasteiger partial charge is 0.275 e. The highest BCUT2D eigenvalue weighted by Gasteiger charge is 2.26. The fraction of sp³-hybridized carbons (Fsp3) is 0.286. The highest BCUT2D eigenvalue weighted by Crippen LogP contribution is 2.19. The molecule has 1 atom stereocenters. The minimum atomic E-state index is -0.0936. The molecule has 1 fully saturated rings. The van der Waals surface area contributed by atoms with Crippen LogP contribution in [0.4, 0.5) is 5.69 Å². The lowest BCUT2D eigenvalue weighted by Gasteiger charge is -2.31. The first-order valence-corrected chi connectivity index (χ1v) is 9.24. The average Bonchev–Trinajstić information content (AvgIpc) is 2.71. The van der Waals surface area contributed by atoms with E-state index < -0.39 is 0 Å². The number of anilines is 1. The van der Waals surface area contributed by atoms with Gasteiger partial charge in [0.15, 0.2) is 0 Å². The number of rotatable bonds is 4. The number of amides is 1. The van der Waals surface area contributed by atoms with Gasteiger partial charge in [-0.05, 0) is 37.6 Å². The van der Waals surface area contributed by atoms with Gasteiger partial charge in [-0.15, -0.1) is 0 Å². The van der Waals surface area contributed by atoms with Crippen LogP contribution >= 0.6 is 0 Å². The van der Waals surface area contributed by atoms with E-state index in [4.69, 9.17) is 0 Å². The summed E-state index contributed by atoms with van der Waals surface area (Å²) in [6.07, 6.45) is 3.50. The highest BCUT2D eigenvalue weighted by atomic mass is 16.2. The van der Waals surface area contributed by atoms with Crippen LogP contribution in [0.25, 0.3) is 10.8 Å². The molecule has 0 radical (unpaired) electrons. The van der Waals surface area contributed by atoms with E-state index >= 15 is 0 Å². The normalized spacial score (nSPS) is 17.7. The van der Waals surface area contributed by atoms with Crippen LogP contribution in [0.3, 0.4) is 0 Å². The van der Waals surface area contributed by atoms with Gasteiger partial charge in [-0.2, -0.15) is 5.10 Å². The van der Waals surface area contributed by atoms with Crippen molar-refractivity contribution in [3.05, 3.63) is 71.1 Å². The Hall–Kier alpha value is -2.99. The van der Waals surface area contributed by atoms with Crippen molar-refractivity contribution in [1.29, 1.82) is 0 Å². The third kappa shape index (κ3) is 3.90. The maximum Gasteiger partial charge on any atom is 0.275 e. The molecular weight excluding hydrogens is 340 g/mol. The van der Waals surface area contributed by atoms with Gasteiger partial charge in [-0.25, -0.2) is 4.68 Å². The molecule has 138 valence electrons. The molecule has 1 amide bonds. The number of benzene rings is 2. The van der Waals surface area contributed by atoms with E-state index in [1.165, 1.54) is 4.68 Å². The van der Waals surface area contributed by atoms with Gasteiger partial charge in [-0.1, -0.05) is 36.4 Å². The lowest BCUT2D eigenvalue weighted by Crippen LogP contribution is -2.43. The molecule has 1 aliphatic rings. The van der Waals surface area contributed by atoms with E-state index in [0.29, 0.717) is 18.6 Å². The van der Waals surface area contributed by atoms with Crippen molar-refractivity contribution >= 4 is 22.4 Å². The molecule has 0 saturated carbocycles. The van der Waals surface area contributed by atoms with Gasteiger partial charge in [0, 0.05) is 17.6 Å². The van der Waals surface area contributed by atoms with Crippen LogP contribution < -0.4 is 10.9 Å². The summed E-state index contributed by atoms with van der Waals surface area (Å²) in [4.78, 5) is 27.4. The molecule has 6 nitrogen and oxygen atoms in total. The Bertz CT molecular complexity index is 1000. The van der Waals surface area contributed by atoms with E-state index in [9.17, 15) is 9.59 Å². The summed E-state index contributed by atoms with van der Waals surface area (Å²) in [7, 11) is 0. The summed E-state index contributed by atoms with van der Waals surface area (Å²) < 4.78 is 1.49. The van der Waals surface area contributed by atoms with Gasteiger partial charge in [0.1, 0.15) is 0 Å². The lowest BCUT2D eigenvalue weighted by molar-refractivity contribution is -0.121. The molecule has 0 aliphatic carbocycles. The predicted octanol–water partition coefficient (Wildman–Crippen LogP) is 2.70. The van der Waals surface area contributed by atoms with E-state index in [2.05, 4.69) is 15.3 Å². The number of carbonyl (C=O) groups is 1. The van der Waals surface area contributed by atoms with E-state index in [1.54, 1.807) is 6.20 Å². The summed E-state index contributed by atoms with van der Waals surface area (Å²) in [5.41, 5.74) is 0.719. The van der Waals surface area contributed by atoms with Gasteiger partial charge in [-0.3, -0.25) is 14.5 Å². The second-order valence-corrected chi connectivity index (χ2v) is 6.95. The van der Waals surface area contributed by atoms with Crippen molar-refractivity contribution in [2.75, 3.05) is 18.4 Å². The number of fused-ring (bicyclic) bond motifs is 1. The molecule has 1 N–H and O–H groups in total. The maximum absolute atomic E-state index is 12.7. The van der Waals surface area contributed by atoms with Crippen LogP contribution in [0, 0.1) is 5.92 Å². The Morgan fingerprint density at radius 3 is 2.74 bits per heavy atom. The summed E-state index contributed by atoms with van der Waals surface area (Å²) >= 11 is 0. The van der Waals surface area contributed by atoms with Crippen molar-refractivity contribution in [2.45, 2.75) is 19.5 Å². The van der Waals surface area contributed by atoms with Gasteiger partial charge < -0.3 is 5.32 Å². The Morgan fingerprint density at radius 1 is 1.11 bits per heavy atom. The first kappa shape index (κ1) is 17.4. The van der Waals surface area contributed by atoms with Crippen LogP contribution in [0.5, 0.6) is 0 Å². The molecule has 3 aromatic rings. The van der Waals surface area contributed by atoms with Gasteiger partial charge >= 0.3 is 0 Å². The summed E-state index contributed by atoms with van der Waals surface area (Å²) in [6.45, 7) is 1.88. The highest BCUT2D eigenvalue weighted by molar-refractivity contribution is 5.92. The van der Waals surface area contributed by atoms with E-state index in [-0.39, 0.29) is 17.4 Å². The number of likely N-dealkylation sites (tertiary alicyclic amines) is 1. The van der Waals surface area contributed by atoms with Crippen molar-refractivity contribution in [3.63, 3.8) is 0 Å². The number of nitrogens with zero attached hydrogens (tertiary/aromatic N) is 3. The number of nitrogens with one attached hydrogen (secondary N) is 1. The Kier molecular flexibility index (Phi) is 4.98. The SMILES string of the molecule is O=C(Nc1ccccc1)[C@@H]1CCCN(Cn2ncc3ccccc3c2=O)C1. The third-order valence-electron chi connectivity index (χ3n) is 5.01. The average molecular weight is 362 g/mol. The second kappa shape index (κ2) is 7.72. The molecule has 1 aliphatic heterocycles. The lowest BCUT2D eigenvalue weighted by atomic mass is 9.97. The maximum atomic E-state index is 12.7. The fourth-order valence-electron chi connectivity index (χ4n) is 3.58. The van der Waals surface area contributed by atoms with Crippen LogP contribution in [-0.2, 0) is 11.5 Å². The molecule has 0 bridgehead atoms. The number of hydrogen-bond acceptors (Lipinski definition) is 4. The monoisotopic (exact) mass is 362 g/mol. The largest absolute Gasteiger partial charge is 0.326 e. The molecule has 0 spiro atoms. The van der Waals surface area contributed by atoms with Gasteiger partial charge in [0.2, 0.25) is 5.91 Å². The number of carbonyl (C=O) groups excluding carboxylic acids is 1. The number of hydrogen-bond donors (Lipinski definition) is 1. The van der Waals surface area contributed by atoms with E-state index in [1.807, 2.05) is 54.6 Å². The van der Waals surface area contributed by atoms with Gasteiger partial charge in [0.05, 0.1) is 24.2 Å². The number of para-hydroxylation sites is 1. The Morgan fingerprint density at radius 2 is 1.89 bits per heavy atom. The first-order chi connectivity index (χ1) is 13.2.